The number of hydrogen-bond acceptors (Lipinski definition) is 53. The van der Waals surface area contributed by atoms with Crippen LogP contribution in [-0.4, -0.2) is 364 Å². The van der Waals surface area contributed by atoms with Crippen molar-refractivity contribution in [3.63, 3.8) is 0 Å². The van der Waals surface area contributed by atoms with Crippen LogP contribution in [0.3, 0.4) is 0 Å². The number of hydrogen-bond donors (Lipinski definition) is 14. The summed E-state index contributed by atoms with van der Waals surface area (Å²) >= 11 is -3.69. The summed E-state index contributed by atoms with van der Waals surface area (Å²) in [5, 5.41) is 33.8. The van der Waals surface area contributed by atoms with E-state index >= 15 is 0 Å². The molecule has 8 rings (SSSR count). The molecule has 8 aliphatic rings. The van der Waals surface area contributed by atoms with Gasteiger partial charge in [-0.15, -0.1) is 8.67 Å². The second-order valence-corrected chi connectivity index (χ2v) is 41.3. The summed E-state index contributed by atoms with van der Waals surface area (Å²) in [5.41, 5.74) is -2.35. The summed E-state index contributed by atoms with van der Waals surface area (Å²) in [6, 6.07) is 0. The van der Waals surface area contributed by atoms with Gasteiger partial charge < -0.3 is 71.8 Å². The van der Waals surface area contributed by atoms with Crippen LogP contribution in [0, 0.1) is 53.3 Å². The molecule has 129 heavy (non-hydrogen) atoms. The second kappa shape index (κ2) is 43.4. The van der Waals surface area contributed by atoms with Gasteiger partial charge in [0, 0.05) is 41.4 Å². The van der Waals surface area contributed by atoms with Crippen molar-refractivity contribution < 1.29 is 290 Å². The molecule has 77 heteroatoms. The highest BCUT2D eigenvalue weighted by Crippen LogP contribution is 2.64. The van der Waals surface area contributed by atoms with E-state index in [2.05, 4.69) is 38.8 Å². The smallest absolute Gasteiger partial charge is 0.397 e. The Balaban J connectivity index is 1.10. The standard InChI is InChI=1S/C52H86O65S12/c1-15-17(3)46(96-24(11-91-120(60,61)62)30(15)100-49-34(109-124(72,73)74)20(6)31(25(97-49)12-92-121(63,64)65)101-50-35(110-125(75,76)77)21(7)32(108-118-116-115-57)26(98-50)13-93-122(66,67)68)102-33-16(2)18(4)47(106-42(33)45(55)56)103-37-23(10-90-117-119(58)59)99-51(43(114-129(87,88)89)41(37)113-128(84,85)86)107-52(9)28-19(5)48(105-39(29(28)52)44(53)54)104-38-27(14-94-123(69,70)71)95-22(8)36(111-126(78,79)80)40(38)112-127(81,82)83/h15-43,46-51,57H,10-14H2,1-9H3,(H,53,54)(H,55,56)(H,58,59)(H,60,61,62)(H,63,64,65)(H,66,67,68)(H,69,70,71)(H,72,73,74)(H,75,76,77)(H,78,79,80)(H,81,82,83)(H,84,85,86)(H,87,88,89)/t15?,16?,17?,18?,19?,20-,21-,22+,23?,24?,25?,26?,27?,28+,29-,30-,31-,32-,33-,34?,35?,36?,37+,38+,39?,40?,41-,42?,43?,46+,47+,48+,49-,50-,51-,52?/m0/s1. The average molecular weight is 2140 g/mol. The van der Waals surface area contributed by atoms with Crippen LogP contribution in [0.2, 0.25) is 0 Å². The minimum atomic E-state index is -6.17. The van der Waals surface area contributed by atoms with E-state index in [1.807, 2.05) is 0 Å². The van der Waals surface area contributed by atoms with Crippen molar-refractivity contribution in [1.29, 1.82) is 0 Å². The lowest BCUT2D eigenvalue weighted by Crippen LogP contribution is -2.65. The number of carbonyl (C=O) groups is 2. The van der Waals surface area contributed by atoms with E-state index in [0.717, 1.165) is 41.5 Å². The average Bonchev–Trinajstić information content (AvgIpc) is 1.52. The van der Waals surface area contributed by atoms with Gasteiger partial charge in [0.05, 0.1) is 50.3 Å². The van der Waals surface area contributed by atoms with Gasteiger partial charge in [-0.05, 0) is 25.7 Å². The van der Waals surface area contributed by atoms with E-state index in [1.165, 1.54) is 20.8 Å². The minimum Gasteiger partial charge on any atom is -0.479 e. The SMILES string of the molecule is CC1C(C)[C@H](O[C@@H]2OC(COS(=O)(=O)O)[C@@H](O[C@@H]3OC(COS(=O)(=O)O)[C@@H](OSOOO)[C@H](C)C3OS(=O)(=O)O)[C@H](C)C2OS(=O)(=O)O)C(COS(=O)(=O)O)O[C@@H]1O[C@@H]1C(C(=O)O)O[C@@H](O[C@@H]2C(COOS(=O)O)O[C@@H](OC3(C)[C@@H]4C(C(=O)O)O[C@@H](O[C@@H]5C(COS(=O)(=O)O)O[C@H](C)C(OS(=O)(=O)O)C5OS(=O)(=O)O)C(C)[C@H]43)C(OS(=O)(=O)O)[C@H]2OS(=O)(=O)O)C(C)C1C. The Morgan fingerprint density at radius 3 is 1.07 bits per heavy atom. The van der Waals surface area contributed by atoms with E-state index in [-0.39, 0.29) is 12.3 Å². The molecule has 1 aliphatic carbocycles. The van der Waals surface area contributed by atoms with Crippen molar-refractivity contribution in [3.05, 3.63) is 0 Å². The predicted octanol–water partition coefficient (Wildman–Crippen LogP) is -5.45. The van der Waals surface area contributed by atoms with Crippen LogP contribution >= 0.6 is 12.3 Å². The van der Waals surface area contributed by atoms with Crippen LogP contribution in [0.5, 0.6) is 0 Å². The summed E-state index contributed by atoms with van der Waals surface area (Å²) < 4.78 is 507. The van der Waals surface area contributed by atoms with Crippen LogP contribution in [0.15, 0.2) is 0 Å². The van der Waals surface area contributed by atoms with Gasteiger partial charge in [-0.1, -0.05) is 53.5 Å². The third-order valence-electron chi connectivity index (χ3n) is 21.2. The van der Waals surface area contributed by atoms with E-state index in [1.54, 1.807) is 0 Å². The maximum atomic E-state index is 13.6. The number of aliphatic carboxylic acids is 2. The first-order valence-corrected chi connectivity index (χ1v) is 51.2. The Hall–Kier alpha value is -2.66. The molecule has 14 N–H and O–H groups in total. The molecule has 37 atom stereocenters. The van der Waals surface area contributed by atoms with Crippen LogP contribution in [0.25, 0.3) is 0 Å². The molecule has 0 aromatic rings. The summed E-state index contributed by atoms with van der Waals surface area (Å²) in [4.78, 5) is 31.7. The quantitative estimate of drug-likeness (QED) is 0.00675. The fourth-order valence-corrected chi connectivity index (χ4v) is 20.5. The van der Waals surface area contributed by atoms with Crippen molar-refractivity contribution in [1.82, 2.24) is 0 Å². The highest BCUT2D eigenvalue weighted by Gasteiger charge is 2.75. The third kappa shape index (κ3) is 31.7. The van der Waals surface area contributed by atoms with Gasteiger partial charge >= 0.3 is 127 Å². The molecule has 7 saturated heterocycles. The first kappa shape index (κ1) is 112. The fraction of sp³-hybridized carbons (Fsp3) is 0.962. The van der Waals surface area contributed by atoms with Gasteiger partial charge in [0.2, 0.25) is 0 Å². The van der Waals surface area contributed by atoms with E-state index in [0.29, 0.717) is 0 Å². The molecule has 0 radical (unpaired) electrons. The van der Waals surface area contributed by atoms with Crippen LogP contribution < -0.4 is 0 Å². The minimum absolute atomic E-state index is 0.248. The number of carboxylic acids is 2. The van der Waals surface area contributed by atoms with E-state index in [9.17, 15) is 158 Å². The normalized spacial score (nSPS) is 39.9. The number of carboxylic acid groups (broad SMARTS) is 2. The first-order valence-electron chi connectivity index (χ1n) is 35.9. The number of rotatable bonds is 46. The Bertz CT molecular complexity index is 5090. The molecule has 0 aromatic heterocycles. The summed E-state index contributed by atoms with van der Waals surface area (Å²) in [5.74, 6) is -18.1. The second-order valence-electron chi connectivity index (χ2n) is 29.6. The van der Waals surface area contributed by atoms with Gasteiger partial charge in [0.1, 0.15) is 92.1 Å². The Morgan fingerprint density at radius 1 is 0.341 bits per heavy atom. The largest absolute Gasteiger partial charge is 0.479 e. The van der Waals surface area contributed by atoms with E-state index in [4.69, 9.17) is 92.6 Å². The topological polar surface area (TPSA) is 934 Å². The zero-order chi connectivity index (χ0) is 97.5. The Kier molecular flexibility index (Phi) is 37.5. The molecule has 0 aromatic carbocycles. The maximum absolute atomic E-state index is 13.6. The highest BCUT2D eigenvalue weighted by molar-refractivity contribution is 7.89. The summed E-state index contributed by atoms with van der Waals surface area (Å²) in [6.45, 7) is 2.62. The molecule has 0 bridgehead atoms. The molecule has 7 aliphatic heterocycles. The number of fused-ring (bicyclic) bond motifs is 1. The van der Waals surface area contributed by atoms with Gasteiger partial charge in [0.15, 0.2) is 68.4 Å². The molecular weight excluding hydrogens is 2050 g/mol. The molecule has 65 nitrogen and oxygen atoms in total. The first-order chi connectivity index (χ1) is 58.8. The van der Waals surface area contributed by atoms with Crippen LogP contribution in [0.4, 0.5) is 0 Å². The maximum Gasteiger partial charge on any atom is 0.397 e. The van der Waals surface area contributed by atoms with Crippen molar-refractivity contribution >= 4 is 140 Å². The lowest BCUT2D eigenvalue weighted by atomic mass is 9.82. The molecular formula is C52H86O65S12. The zero-order valence-electron chi connectivity index (χ0n) is 66.2. The van der Waals surface area contributed by atoms with Gasteiger partial charge in [-0.25, -0.2) is 61.6 Å². The number of ether oxygens (including phenoxy) is 13. The predicted molar refractivity (Wildman–Crippen MR) is 390 cm³/mol. The van der Waals surface area contributed by atoms with Gasteiger partial charge in [0.25, 0.3) is 0 Å². The third-order valence-corrected chi connectivity index (χ3v) is 26.4. The summed E-state index contributed by atoms with van der Waals surface area (Å²) in [7, 11) is -57.7. The molecule has 756 valence electrons. The molecule has 1 saturated carbocycles. The van der Waals surface area contributed by atoms with Crippen LogP contribution in [0.1, 0.15) is 62.3 Å². The zero-order valence-corrected chi connectivity index (χ0v) is 76.0. The van der Waals surface area contributed by atoms with Crippen molar-refractivity contribution in [2.45, 2.75) is 228 Å². The van der Waals surface area contributed by atoms with E-state index < -0.39 is 379 Å². The van der Waals surface area contributed by atoms with Gasteiger partial charge in [-0.3, -0.25) is 54.3 Å². The fourth-order valence-electron chi connectivity index (χ4n) is 15.5. The lowest BCUT2D eigenvalue weighted by Gasteiger charge is -2.51. The van der Waals surface area contributed by atoms with Crippen molar-refractivity contribution in [3.8, 4) is 0 Å². The molecule has 0 amide bonds. The summed E-state index contributed by atoms with van der Waals surface area (Å²) in [6.07, 6.45) is -60.9. The van der Waals surface area contributed by atoms with Crippen LogP contribution in [-0.2, 0) is 251 Å². The Labute approximate surface area is 738 Å². The Morgan fingerprint density at radius 2 is 0.659 bits per heavy atom. The van der Waals surface area contributed by atoms with Crippen molar-refractivity contribution in [2.24, 2.45) is 53.3 Å². The monoisotopic (exact) mass is 2130 g/mol. The molecule has 7 heterocycles. The molecule has 0 spiro atoms. The van der Waals surface area contributed by atoms with Crippen molar-refractivity contribution in [2.75, 3.05) is 33.0 Å². The highest BCUT2D eigenvalue weighted by atomic mass is 32.3. The molecule has 19 unspecified atom stereocenters. The lowest BCUT2D eigenvalue weighted by molar-refractivity contribution is -0.435. The van der Waals surface area contributed by atoms with Gasteiger partial charge in [-0.2, -0.15) is 88.4 Å². The molecule has 8 fully saturated rings.